The third-order valence-electron chi connectivity index (χ3n) is 5.91. The van der Waals surface area contributed by atoms with Crippen LogP contribution in [0.1, 0.15) is 51.0 Å². The molecule has 0 radical (unpaired) electrons. The summed E-state index contributed by atoms with van der Waals surface area (Å²) in [5.74, 6) is 0.548. The summed E-state index contributed by atoms with van der Waals surface area (Å²) >= 11 is 0. The molecule has 1 aromatic rings. The zero-order valence-electron chi connectivity index (χ0n) is 15.3. The Morgan fingerprint density at radius 2 is 1.88 bits per heavy atom. The van der Waals surface area contributed by atoms with E-state index in [-0.39, 0.29) is 11.8 Å². The van der Waals surface area contributed by atoms with Crippen LogP contribution in [0.4, 0.5) is 0 Å². The highest BCUT2D eigenvalue weighted by Gasteiger charge is 2.37. The largest absolute Gasteiger partial charge is 0.388 e. The van der Waals surface area contributed by atoms with Crippen molar-refractivity contribution in [2.75, 3.05) is 19.8 Å². The Morgan fingerprint density at radius 3 is 2.52 bits per heavy atom. The van der Waals surface area contributed by atoms with Gasteiger partial charge in [-0.05, 0) is 37.2 Å². The molecule has 0 spiro atoms. The van der Waals surface area contributed by atoms with Gasteiger partial charge in [0.25, 0.3) is 0 Å². The van der Waals surface area contributed by atoms with E-state index in [1.54, 1.807) is 0 Å². The Hall–Kier alpha value is -1.39. The molecular formula is C21H31NO3. The molecule has 1 saturated heterocycles. The molecule has 2 fully saturated rings. The Morgan fingerprint density at radius 1 is 1.24 bits per heavy atom. The topological polar surface area (TPSA) is 49.8 Å². The molecule has 1 N–H and O–H groups in total. The van der Waals surface area contributed by atoms with E-state index in [1.807, 2.05) is 23.1 Å². The second kappa shape index (κ2) is 8.33. The smallest absolute Gasteiger partial charge is 0.226 e. The highest BCUT2D eigenvalue weighted by Crippen LogP contribution is 2.32. The Kier molecular flexibility index (Phi) is 6.13. The van der Waals surface area contributed by atoms with Crippen LogP contribution >= 0.6 is 0 Å². The fourth-order valence-corrected chi connectivity index (χ4v) is 4.27. The van der Waals surface area contributed by atoms with Crippen molar-refractivity contribution in [1.82, 2.24) is 4.90 Å². The van der Waals surface area contributed by atoms with Gasteiger partial charge in [0.1, 0.15) is 0 Å². The number of hydrogen-bond acceptors (Lipinski definition) is 3. The first-order valence-corrected chi connectivity index (χ1v) is 9.70. The predicted molar refractivity (Wildman–Crippen MR) is 98.0 cm³/mol. The van der Waals surface area contributed by atoms with Crippen molar-refractivity contribution in [3.8, 4) is 0 Å². The van der Waals surface area contributed by atoms with Gasteiger partial charge in [0.15, 0.2) is 0 Å². The number of benzene rings is 1. The van der Waals surface area contributed by atoms with Gasteiger partial charge < -0.3 is 14.7 Å². The van der Waals surface area contributed by atoms with Crippen LogP contribution in [0.3, 0.4) is 0 Å². The summed E-state index contributed by atoms with van der Waals surface area (Å²) in [6.07, 6.45) is 5.62. The molecule has 1 amide bonds. The summed E-state index contributed by atoms with van der Waals surface area (Å²) in [6.45, 7) is 4.59. The van der Waals surface area contributed by atoms with Crippen LogP contribution in [-0.2, 0) is 16.1 Å². The average molecular weight is 345 g/mol. The van der Waals surface area contributed by atoms with Gasteiger partial charge in [-0.1, -0.05) is 50.1 Å². The Labute approximate surface area is 151 Å². The third kappa shape index (κ3) is 4.83. The van der Waals surface area contributed by atoms with Crippen LogP contribution in [0.15, 0.2) is 30.3 Å². The summed E-state index contributed by atoms with van der Waals surface area (Å²) in [7, 11) is 0. The lowest BCUT2D eigenvalue weighted by Crippen LogP contribution is -2.47. The number of amides is 1. The fourth-order valence-electron chi connectivity index (χ4n) is 4.27. The van der Waals surface area contributed by atoms with Crippen molar-refractivity contribution in [3.63, 3.8) is 0 Å². The van der Waals surface area contributed by atoms with Gasteiger partial charge in [0, 0.05) is 32.2 Å². The molecule has 4 heteroatoms. The second-order valence-electron chi connectivity index (χ2n) is 7.85. The van der Waals surface area contributed by atoms with E-state index >= 15 is 0 Å². The summed E-state index contributed by atoms with van der Waals surface area (Å²) in [6, 6.07) is 10.1. The molecule has 1 atom stereocenters. The van der Waals surface area contributed by atoms with Gasteiger partial charge in [0.05, 0.1) is 5.60 Å². The molecule has 0 bridgehead atoms. The normalized spacial score (nSPS) is 21.8. The molecule has 1 aromatic carbocycles. The van der Waals surface area contributed by atoms with E-state index in [1.165, 1.54) is 0 Å². The van der Waals surface area contributed by atoms with Crippen molar-refractivity contribution in [1.29, 1.82) is 0 Å². The highest BCUT2D eigenvalue weighted by molar-refractivity contribution is 5.79. The van der Waals surface area contributed by atoms with E-state index < -0.39 is 5.60 Å². The number of rotatable bonds is 6. The minimum atomic E-state index is -0.708. The second-order valence-corrected chi connectivity index (χ2v) is 7.85. The van der Waals surface area contributed by atoms with Gasteiger partial charge in [-0.25, -0.2) is 0 Å². The summed E-state index contributed by atoms with van der Waals surface area (Å²) in [5, 5.41) is 10.9. The predicted octanol–water partition coefficient (Wildman–Crippen LogP) is 3.38. The summed E-state index contributed by atoms with van der Waals surface area (Å²) in [4.78, 5) is 15.2. The number of nitrogens with zero attached hydrogens (tertiary/aromatic N) is 1. The molecule has 1 heterocycles. The molecule has 1 unspecified atom stereocenters. The molecule has 4 nitrogen and oxygen atoms in total. The van der Waals surface area contributed by atoms with Crippen LogP contribution < -0.4 is 0 Å². The molecular weight excluding hydrogens is 314 g/mol. The first-order valence-electron chi connectivity index (χ1n) is 9.70. The van der Waals surface area contributed by atoms with E-state index in [2.05, 4.69) is 19.1 Å². The summed E-state index contributed by atoms with van der Waals surface area (Å²) in [5.41, 5.74) is 0.413. The van der Waals surface area contributed by atoms with Gasteiger partial charge >= 0.3 is 0 Å². The van der Waals surface area contributed by atoms with Crippen molar-refractivity contribution in [2.24, 2.45) is 11.8 Å². The molecule has 1 aliphatic heterocycles. The van der Waals surface area contributed by atoms with Crippen LogP contribution in [0, 0.1) is 11.8 Å². The highest BCUT2D eigenvalue weighted by atomic mass is 16.5. The zero-order chi connectivity index (χ0) is 17.7. The van der Waals surface area contributed by atoms with Gasteiger partial charge in [0.2, 0.25) is 5.91 Å². The SMILES string of the molecule is CC(C(=O)N(Cc1ccccc1)CC1(O)CCCC1)C1CCOCC1. The minimum absolute atomic E-state index is 0.0161. The van der Waals surface area contributed by atoms with E-state index in [0.29, 0.717) is 19.0 Å². The average Bonchev–Trinajstić information content (AvgIpc) is 3.08. The lowest BCUT2D eigenvalue weighted by atomic mass is 9.86. The molecule has 2 aliphatic rings. The number of ether oxygens (including phenoxy) is 1. The molecule has 1 aliphatic carbocycles. The number of aliphatic hydroxyl groups is 1. The van der Waals surface area contributed by atoms with Crippen molar-refractivity contribution < 1.29 is 14.6 Å². The van der Waals surface area contributed by atoms with Crippen molar-refractivity contribution in [2.45, 2.75) is 57.6 Å². The van der Waals surface area contributed by atoms with Gasteiger partial charge in [-0.15, -0.1) is 0 Å². The lowest BCUT2D eigenvalue weighted by Gasteiger charge is -2.36. The van der Waals surface area contributed by atoms with E-state index in [0.717, 1.165) is 57.3 Å². The van der Waals surface area contributed by atoms with Crippen LogP contribution in [0.2, 0.25) is 0 Å². The number of hydrogen-bond donors (Lipinski definition) is 1. The van der Waals surface area contributed by atoms with Crippen LogP contribution in [0.5, 0.6) is 0 Å². The summed E-state index contributed by atoms with van der Waals surface area (Å²) < 4.78 is 5.44. The quantitative estimate of drug-likeness (QED) is 0.860. The first-order chi connectivity index (χ1) is 12.1. The molecule has 25 heavy (non-hydrogen) atoms. The number of carbonyl (C=O) groups excluding carboxylic acids is 1. The Bertz CT molecular complexity index is 548. The van der Waals surface area contributed by atoms with Crippen molar-refractivity contribution >= 4 is 5.91 Å². The maximum atomic E-state index is 13.3. The molecule has 138 valence electrons. The van der Waals surface area contributed by atoms with Crippen LogP contribution in [-0.4, -0.2) is 41.3 Å². The third-order valence-corrected chi connectivity index (χ3v) is 5.91. The molecule has 1 saturated carbocycles. The maximum Gasteiger partial charge on any atom is 0.226 e. The Balaban J connectivity index is 1.73. The fraction of sp³-hybridized carbons (Fsp3) is 0.667. The minimum Gasteiger partial charge on any atom is -0.388 e. The van der Waals surface area contributed by atoms with Crippen LogP contribution in [0.25, 0.3) is 0 Å². The van der Waals surface area contributed by atoms with Gasteiger partial charge in [-0.2, -0.15) is 0 Å². The molecule has 0 aromatic heterocycles. The first kappa shape index (κ1) is 18.4. The van der Waals surface area contributed by atoms with E-state index in [4.69, 9.17) is 4.74 Å². The van der Waals surface area contributed by atoms with E-state index in [9.17, 15) is 9.90 Å². The zero-order valence-corrected chi connectivity index (χ0v) is 15.3. The lowest BCUT2D eigenvalue weighted by molar-refractivity contribution is -0.142. The standard InChI is InChI=1S/C21H31NO3/c1-17(19-9-13-25-14-10-19)20(23)22(15-18-7-3-2-4-8-18)16-21(24)11-5-6-12-21/h2-4,7-8,17,19,24H,5-6,9-16H2,1H3. The van der Waals surface area contributed by atoms with Gasteiger partial charge in [-0.3, -0.25) is 4.79 Å². The van der Waals surface area contributed by atoms with Crippen molar-refractivity contribution in [3.05, 3.63) is 35.9 Å². The molecule has 3 rings (SSSR count). The number of carbonyl (C=O) groups is 1. The monoisotopic (exact) mass is 345 g/mol. The maximum absolute atomic E-state index is 13.3.